The second kappa shape index (κ2) is 7.90. The van der Waals surface area contributed by atoms with Gasteiger partial charge in [0.15, 0.2) is 0 Å². The van der Waals surface area contributed by atoms with E-state index in [0.717, 1.165) is 18.8 Å². The largest absolute Gasteiger partial charge is 0.389 e. The van der Waals surface area contributed by atoms with E-state index in [1.54, 1.807) is 0 Å². The highest BCUT2D eigenvalue weighted by Crippen LogP contribution is 2.32. The standard InChI is InChI=1S/C15H23NO2S/c1-2-18-12-14(17)10-16-8-9-19-15(11-16)13-6-4-3-5-7-13/h3-7,14-15,17H,2,8-12H2,1H3/t14-,15+/m0/s1. The number of nitrogens with zero attached hydrogens (tertiary/aromatic N) is 1. The van der Waals surface area contributed by atoms with Crippen LogP contribution in [0.1, 0.15) is 17.7 Å². The molecule has 106 valence electrons. The molecule has 1 saturated heterocycles. The molecule has 1 aliphatic heterocycles. The van der Waals surface area contributed by atoms with Crippen LogP contribution in [0.4, 0.5) is 0 Å². The second-order valence-corrected chi connectivity index (χ2v) is 6.15. The zero-order valence-corrected chi connectivity index (χ0v) is 12.3. The molecule has 0 saturated carbocycles. The predicted molar refractivity (Wildman–Crippen MR) is 80.6 cm³/mol. The van der Waals surface area contributed by atoms with Crippen molar-refractivity contribution in [3.05, 3.63) is 35.9 Å². The first kappa shape index (κ1) is 14.9. The summed E-state index contributed by atoms with van der Waals surface area (Å²) in [5.41, 5.74) is 1.39. The van der Waals surface area contributed by atoms with Crippen molar-refractivity contribution in [2.24, 2.45) is 0 Å². The molecule has 1 fully saturated rings. The summed E-state index contributed by atoms with van der Waals surface area (Å²) >= 11 is 2.01. The number of thioether (sulfide) groups is 1. The van der Waals surface area contributed by atoms with Gasteiger partial charge < -0.3 is 9.84 Å². The van der Waals surface area contributed by atoms with Gasteiger partial charge in [0.2, 0.25) is 0 Å². The van der Waals surface area contributed by atoms with Crippen LogP contribution in [0.25, 0.3) is 0 Å². The third kappa shape index (κ3) is 4.80. The van der Waals surface area contributed by atoms with Crippen LogP contribution in [0.2, 0.25) is 0 Å². The number of aliphatic hydroxyl groups is 1. The van der Waals surface area contributed by atoms with Crippen LogP contribution < -0.4 is 0 Å². The molecule has 3 nitrogen and oxygen atoms in total. The summed E-state index contributed by atoms with van der Waals surface area (Å²) in [5, 5.41) is 10.4. The molecule has 2 atom stereocenters. The van der Waals surface area contributed by atoms with Gasteiger partial charge in [-0.05, 0) is 12.5 Å². The fraction of sp³-hybridized carbons (Fsp3) is 0.600. The molecular weight excluding hydrogens is 258 g/mol. The lowest BCUT2D eigenvalue weighted by Crippen LogP contribution is -2.40. The summed E-state index contributed by atoms with van der Waals surface area (Å²) in [6.07, 6.45) is -0.375. The molecule has 1 aromatic rings. The number of hydrogen-bond donors (Lipinski definition) is 1. The maximum atomic E-state index is 9.92. The predicted octanol–water partition coefficient (Wildman–Crippen LogP) is 2.17. The van der Waals surface area contributed by atoms with E-state index in [-0.39, 0.29) is 6.10 Å². The van der Waals surface area contributed by atoms with Gasteiger partial charge in [0.05, 0.1) is 12.7 Å². The van der Waals surface area contributed by atoms with Gasteiger partial charge in [-0.1, -0.05) is 30.3 Å². The van der Waals surface area contributed by atoms with Gasteiger partial charge in [-0.3, -0.25) is 4.90 Å². The Kier molecular flexibility index (Phi) is 6.17. The van der Waals surface area contributed by atoms with E-state index in [0.29, 0.717) is 25.0 Å². The van der Waals surface area contributed by atoms with Crippen molar-refractivity contribution in [3.8, 4) is 0 Å². The van der Waals surface area contributed by atoms with Crippen molar-refractivity contribution >= 4 is 11.8 Å². The van der Waals surface area contributed by atoms with Crippen LogP contribution in [-0.4, -0.2) is 54.7 Å². The third-order valence-electron chi connectivity index (χ3n) is 3.31. The number of benzene rings is 1. The smallest absolute Gasteiger partial charge is 0.0900 e. The molecule has 19 heavy (non-hydrogen) atoms. The summed E-state index contributed by atoms with van der Waals surface area (Å²) in [6, 6.07) is 10.6. The fourth-order valence-corrected chi connectivity index (χ4v) is 3.66. The monoisotopic (exact) mass is 281 g/mol. The molecule has 0 unspecified atom stereocenters. The van der Waals surface area contributed by atoms with Crippen LogP contribution in [0.5, 0.6) is 0 Å². The summed E-state index contributed by atoms with van der Waals surface area (Å²) < 4.78 is 5.27. The summed E-state index contributed by atoms with van der Waals surface area (Å²) in [6.45, 7) is 5.84. The van der Waals surface area contributed by atoms with E-state index >= 15 is 0 Å². The molecular formula is C15H23NO2S. The van der Waals surface area contributed by atoms with Crippen molar-refractivity contribution in [2.45, 2.75) is 18.3 Å². The van der Waals surface area contributed by atoms with Crippen LogP contribution in [-0.2, 0) is 4.74 Å². The fourth-order valence-electron chi connectivity index (χ4n) is 2.34. The molecule has 1 N–H and O–H groups in total. The average molecular weight is 281 g/mol. The topological polar surface area (TPSA) is 32.7 Å². The molecule has 1 aromatic carbocycles. The first-order valence-corrected chi connectivity index (χ1v) is 7.99. The zero-order valence-electron chi connectivity index (χ0n) is 11.5. The molecule has 0 aromatic heterocycles. The van der Waals surface area contributed by atoms with E-state index < -0.39 is 0 Å². The van der Waals surface area contributed by atoms with E-state index in [1.165, 1.54) is 5.56 Å². The molecule has 2 rings (SSSR count). The number of rotatable bonds is 6. The lowest BCUT2D eigenvalue weighted by molar-refractivity contribution is 0.0217. The van der Waals surface area contributed by atoms with E-state index in [1.807, 2.05) is 18.7 Å². The third-order valence-corrected chi connectivity index (χ3v) is 4.55. The summed E-state index contributed by atoms with van der Waals surface area (Å²) in [5.74, 6) is 1.13. The Balaban J connectivity index is 1.84. The average Bonchev–Trinajstić information content (AvgIpc) is 2.46. The first-order chi connectivity index (χ1) is 9.29. The Labute approximate surface area is 120 Å². The Morgan fingerprint density at radius 2 is 2.21 bits per heavy atom. The Morgan fingerprint density at radius 1 is 1.42 bits per heavy atom. The maximum absolute atomic E-state index is 9.92. The number of ether oxygens (including phenoxy) is 1. The van der Waals surface area contributed by atoms with Gasteiger partial charge in [-0.2, -0.15) is 11.8 Å². The van der Waals surface area contributed by atoms with Gasteiger partial charge in [-0.25, -0.2) is 0 Å². The number of hydrogen-bond acceptors (Lipinski definition) is 4. The Hall–Kier alpha value is -0.550. The Morgan fingerprint density at radius 3 is 2.95 bits per heavy atom. The van der Waals surface area contributed by atoms with Crippen molar-refractivity contribution in [3.63, 3.8) is 0 Å². The van der Waals surface area contributed by atoms with E-state index in [2.05, 4.69) is 35.2 Å². The van der Waals surface area contributed by atoms with Gasteiger partial charge in [0.1, 0.15) is 0 Å². The minimum atomic E-state index is -0.375. The maximum Gasteiger partial charge on any atom is 0.0900 e. The second-order valence-electron chi connectivity index (χ2n) is 4.84. The van der Waals surface area contributed by atoms with Crippen molar-refractivity contribution < 1.29 is 9.84 Å². The lowest BCUT2D eigenvalue weighted by Gasteiger charge is -2.33. The molecule has 0 radical (unpaired) electrons. The minimum absolute atomic E-state index is 0.375. The van der Waals surface area contributed by atoms with Crippen LogP contribution in [0.15, 0.2) is 30.3 Å². The molecule has 0 aliphatic carbocycles. The van der Waals surface area contributed by atoms with Crippen molar-refractivity contribution in [1.82, 2.24) is 4.90 Å². The molecule has 4 heteroatoms. The molecule has 0 amide bonds. The van der Waals surface area contributed by atoms with Crippen LogP contribution in [0.3, 0.4) is 0 Å². The number of aliphatic hydroxyl groups excluding tert-OH is 1. The van der Waals surface area contributed by atoms with E-state index in [4.69, 9.17) is 4.74 Å². The highest BCUT2D eigenvalue weighted by atomic mass is 32.2. The minimum Gasteiger partial charge on any atom is -0.389 e. The zero-order chi connectivity index (χ0) is 13.5. The quantitative estimate of drug-likeness (QED) is 0.866. The van der Waals surface area contributed by atoms with Gasteiger partial charge in [0, 0.05) is 37.2 Å². The van der Waals surface area contributed by atoms with E-state index in [9.17, 15) is 5.11 Å². The molecule has 0 bridgehead atoms. The van der Waals surface area contributed by atoms with Crippen LogP contribution >= 0.6 is 11.8 Å². The van der Waals surface area contributed by atoms with Crippen LogP contribution in [0, 0.1) is 0 Å². The van der Waals surface area contributed by atoms with Crippen molar-refractivity contribution in [1.29, 1.82) is 0 Å². The molecule has 1 aliphatic rings. The van der Waals surface area contributed by atoms with Gasteiger partial charge in [-0.15, -0.1) is 0 Å². The lowest BCUT2D eigenvalue weighted by atomic mass is 10.1. The highest BCUT2D eigenvalue weighted by Gasteiger charge is 2.23. The van der Waals surface area contributed by atoms with Crippen molar-refractivity contribution in [2.75, 3.05) is 38.6 Å². The SMILES string of the molecule is CCOC[C@@H](O)CN1CCS[C@@H](c2ccccc2)C1. The molecule has 1 heterocycles. The first-order valence-electron chi connectivity index (χ1n) is 6.94. The highest BCUT2D eigenvalue weighted by molar-refractivity contribution is 7.99. The Bertz CT molecular complexity index is 360. The summed E-state index contributed by atoms with van der Waals surface area (Å²) in [4.78, 5) is 2.35. The normalized spacial score (nSPS) is 22.3. The van der Waals surface area contributed by atoms with Gasteiger partial charge in [0.25, 0.3) is 0 Å². The van der Waals surface area contributed by atoms with Gasteiger partial charge >= 0.3 is 0 Å². The number of β-amino-alcohol motifs (C(OH)–C–C–N with tert-alkyl or cyclic N) is 1. The summed E-state index contributed by atoms with van der Waals surface area (Å²) in [7, 11) is 0. The molecule has 0 spiro atoms.